The Kier molecular flexibility index (Phi) is 5.36. The molecule has 0 aliphatic heterocycles. The molecular formula is C20H15F3O2Sn. The molecule has 0 saturated carbocycles. The van der Waals surface area contributed by atoms with Crippen LogP contribution in [0.15, 0.2) is 91.0 Å². The number of rotatable bonds is 4. The Morgan fingerprint density at radius 3 is 1.23 bits per heavy atom. The van der Waals surface area contributed by atoms with E-state index in [2.05, 4.69) is 0 Å². The van der Waals surface area contributed by atoms with Gasteiger partial charge in [-0.2, -0.15) is 0 Å². The summed E-state index contributed by atoms with van der Waals surface area (Å²) in [5.41, 5.74) is 0. The first-order chi connectivity index (χ1) is 12.4. The van der Waals surface area contributed by atoms with Crippen molar-refractivity contribution in [3.63, 3.8) is 0 Å². The molecule has 132 valence electrons. The summed E-state index contributed by atoms with van der Waals surface area (Å²) < 4.78 is 46.6. The first-order valence-corrected chi connectivity index (χ1v) is 13.4. The van der Waals surface area contributed by atoms with Crippen LogP contribution in [0, 0.1) is 0 Å². The summed E-state index contributed by atoms with van der Waals surface area (Å²) in [6, 6.07) is 26.2. The van der Waals surface area contributed by atoms with Gasteiger partial charge < -0.3 is 0 Å². The van der Waals surface area contributed by atoms with Crippen LogP contribution in [0.25, 0.3) is 0 Å². The molecule has 3 aromatic carbocycles. The van der Waals surface area contributed by atoms with E-state index in [-0.39, 0.29) is 0 Å². The summed E-state index contributed by atoms with van der Waals surface area (Å²) in [6.07, 6.45) is -5.06. The van der Waals surface area contributed by atoms with Crippen LogP contribution in [-0.2, 0) is 7.87 Å². The molecule has 2 nitrogen and oxygen atoms in total. The average molecular weight is 463 g/mol. The Morgan fingerprint density at radius 2 is 0.962 bits per heavy atom. The molecule has 0 aliphatic rings. The van der Waals surface area contributed by atoms with Crippen LogP contribution >= 0.6 is 0 Å². The summed E-state index contributed by atoms with van der Waals surface area (Å²) in [5.74, 6) is -2.15. The van der Waals surface area contributed by atoms with Crippen molar-refractivity contribution in [3.05, 3.63) is 91.0 Å². The second kappa shape index (κ2) is 7.53. The number of halogens is 3. The van der Waals surface area contributed by atoms with Crippen LogP contribution < -0.4 is 10.7 Å². The molecule has 0 aliphatic carbocycles. The van der Waals surface area contributed by atoms with Gasteiger partial charge in [0.05, 0.1) is 0 Å². The summed E-state index contributed by atoms with van der Waals surface area (Å²) in [5, 5.41) is 0. The Balaban J connectivity index is 2.30. The second-order valence-electron chi connectivity index (χ2n) is 5.67. The molecule has 3 rings (SSSR count). The van der Waals surface area contributed by atoms with Crippen LogP contribution in [0.1, 0.15) is 0 Å². The van der Waals surface area contributed by atoms with E-state index in [0.29, 0.717) is 10.7 Å². The van der Waals surface area contributed by atoms with Gasteiger partial charge in [-0.3, -0.25) is 0 Å². The van der Waals surface area contributed by atoms with Crippen LogP contribution in [0.3, 0.4) is 0 Å². The molecule has 0 spiro atoms. The quantitative estimate of drug-likeness (QED) is 0.557. The number of carbonyl (C=O) groups is 1. The number of alkyl halides is 3. The molecule has 0 amide bonds. The van der Waals surface area contributed by atoms with Gasteiger partial charge in [-0.25, -0.2) is 0 Å². The third kappa shape index (κ3) is 3.62. The van der Waals surface area contributed by atoms with Gasteiger partial charge in [0.2, 0.25) is 0 Å². The normalized spacial score (nSPS) is 11.8. The van der Waals surface area contributed by atoms with E-state index in [1.807, 2.05) is 0 Å². The first-order valence-electron chi connectivity index (χ1n) is 7.91. The van der Waals surface area contributed by atoms with Crippen molar-refractivity contribution in [2.45, 2.75) is 6.18 Å². The standard InChI is InChI=1S/3C6H5.C2HF3O2.Sn/c3*1-2-4-6-5-3-1;3-2(4,5)1(6)7;/h3*1-5H;(H,6,7);/q;;;;+1/p-1. The van der Waals surface area contributed by atoms with Crippen molar-refractivity contribution in [2.24, 2.45) is 0 Å². The van der Waals surface area contributed by atoms with Gasteiger partial charge in [0.15, 0.2) is 0 Å². The monoisotopic (exact) mass is 464 g/mol. The molecule has 0 unspecified atom stereocenters. The molecule has 0 atom stereocenters. The van der Waals surface area contributed by atoms with Crippen LogP contribution in [-0.4, -0.2) is 30.9 Å². The number of hydrogen-bond donors (Lipinski definition) is 0. The maximum absolute atomic E-state index is 13.1. The van der Waals surface area contributed by atoms with E-state index in [4.69, 9.17) is 3.07 Å². The second-order valence-corrected chi connectivity index (χ2v) is 15.1. The Morgan fingerprint density at radius 1 is 0.654 bits per heavy atom. The van der Waals surface area contributed by atoms with E-state index in [0.717, 1.165) is 0 Å². The van der Waals surface area contributed by atoms with Crippen molar-refractivity contribution in [1.29, 1.82) is 0 Å². The molecular weight excluding hydrogens is 448 g/mol. The number of hydrogen-bond acceptors (Lipinski definition) is 2. The first kappa shape index (κ1) is 18.5. The van der Waals surface area contributed by atoms with Crippen LogP contribution in [0.4, 0.5) is 13.2 Å². The topological polar surface area (TPSA) is 26.3 Å². The Bertz CT molecular complexity index is 769. The molecule has 0 N–H and O–H groups in total. The fourth-order valence-corrected chi connectivity index (χ4v) is 13.5. The molecule has 0 bridgehead atoms. The van der Waals surface area contributed by atoms with Gasteiger partial charge in [-0.15, -0.1) is 0 Å². The predicted molar refractivity (Wildman–Crippen MR) is 96.1 cm³/mol. The van der Waals surface area contributed by atoms with E-state index in [1.54, 1.807) is 91.0 Å². The van der Waals surface area contributed by atoms with Crippen molar-refractivity contribution in [2.75, 3.05) is 0 Å². The molecule has 0 heterocycles. The average Bonchev–Trinajstić information content (AvgIpc) is 2.67. The third-order valence-electron chi connectivity index (χ3n) is 4.02. The van der Waals surface area contributed by atoms with Gasteiger partial charge >= 0.3 is 154 Å². The fraction of sp³-hybridized carbons (Fsp3) is 0.0500. The third-order valence-corrected chi connectivity index (χ3v) is 15.2. The van der Waals surface area contributed by atoms with E-state index >= 15 is 0 Å². The van der Waals surface area contributed by atoms with Gasteiger partial charge in [0.25, 0.3) is 0 Å². The van der Waals surface area contributed by atoms with Gasteiger partial charge in [-0.1, -0.05) is 0 Å². The van der Waals surface area contributed by atoms with E-state index < -0.39 is 30.9 Å². The minimum absolute atomic E-state index is 0.636. The Hall–Kier alpha value is -2.28. The summed E-state index contributed by atoms with van der Waals surface area (Å²) in [7, 11) is 0. The minimum atomic E-state index is -5.06. The van der Waals surface area contributed by atoms with Crippen molar-refractivity contribution < 1.29 is 21.0 Å². The SMILES string of the molecule is O=C([O][Sn]([c]1ccccc1)([c]1ccccc1)[c]1ccccc1)C(F)(F)F. The van der Waals surface area contributed by atoms with Gasteiger partial charge in [-0.05, 0) is 0 Å². The van der Waals surface area contributed by atoms with Crippen LogP contribution in [0.5, 0.6) is 0 Å². The molecule has 0 fully saturated rings. The van der Waals surface area contributed by atoms with Crippen molar-refractivity contribution in [3.8, 4) is 0 Å². The molecule has 0 saturated heterocycles. The van der Waals surface area contributed by atoms with Crippen molar-refractivity contribution in [1.82, 2.24) is 0 Å². The van der Waals surface area contributed by atoms with Gasteiger partial charge in [0.1, 0.15) is 0 Å². The zero-order valence-electron chi connectivity index (χ0n) is 13.6. The zero-order valence-corrected chi connectivity index (χ0v) is 16.5. The fourth-order valence-electron chi connectivity index (χ4n) is 2.89. The summed E-state index contributed by atoms with van der Waals surface area (Å²) >= 11 is -4.67. The van der Waals surface area contributed by atoms with E-state index in [1.165, 1.54) is 0 Å². The van der Waals surface area contributed by atoms with E-state index in [9.17, 15) is 18.0 Å². The molecule has 26 heavy (non-hydrogen) atoms. The van der Waals surface area contributed by atoms with Crippen LogP contribution in [0.2, 0.25) is 0 Å². The summed E-state index contributed by atoms with van der Waals surface area (Å²) in [4.78, 5) is 11.9. The zero-order chi connectivity index (χ0) is 18.6. The number of benzene rings is 3. The number of carbonyl (C=O) groups excluding carboxylic acids is 1. The Labute approximate surface area is 153 Å². The van der Waals surface area contributed by atoms with Crippen molar-refractivity contribution >= 4 is 35.5 Å². The molecule has 0 radical (unpaired) electrons. The molecule has 0 aromatic heterocycles. The predicted octanol–water partition coefficient (Wildman–Crippen LogP) is 2.76. The maximum atomic E-state index is 13.1. The van der Waals surface area contributed by atoms with Gasteiger partial charge in [0, 0.05) is 0 Å². The summed E-state index contributed by atoms with van der Waals surface area (Å²) in [6.45, 7) is 0. The molecule has 6 heteroatoms. The molecule has 3 aromatic rings.